The number of benzene rings is 1. The fraction of sp³-hybridized carbons (Fsp3) is 0.400. The van der Waals surface area contributed by atoms with Crippen molar-refractivity contribution in [2.45, 2.75) is 26.7 Å². The monoisotopic (exact) mass is 292 g/mol. The number of pyridine rings is 1. The maximum atomic E-state index is 12.1. The molecule has 0 aliphatic rings. The molecule has 0 aliphatic carbocycles. The van der Waals surface area contributed by atoms with Crippen LogP contribution in [0.3, 0.4) is 0 Å². The van der Waals surface area contributed by atoms with Gasteiger partial charge in [0.25, 0.3) is 0 Å². The van der Waals surface area contributed by atoms with Crippen LogP contribution in [0.15, 0.2) is 36.5 Å². The third-order valence-corrected chi connectivity index (χ3v) is 4.45. The summed E-state index contributed by atoms with van der Waals surface area (Å²) in [6.07, 6.45) is 3.25. The Morgan fingerprint density at radius 2 is 1.95 bits per heavy atom. The molecule has 5 heteroatoms. The fourth-order valence-corrected chi connectivity index (χ4v) is 3.24. The normalized spacial score (nSPS) is 11.9. The van der Waals surface area contributed by atoms with Gasteiger partial charge in [0.05, 0.1) is 17.0 Å². The molecule has 1 N–H and O–H groups in total. The number of sulfonamides is 1. The van der Waals surface area contributed by atoms with Crippen LogP contribution >= 0.6 is 0 Å². The average molecular weight is 292 g/mol. The SMILES string of the molecule is CC(C)CCCS(=O)(=O)Nc1cccc2cccnc12. The van der Waals surface area contributed by atoms with Crippen LogP contribution in [-0.4, -0.2) is 19.2 Å². The topological polar surface area (TPSA) is 59.1 Å². The third kappa shape index (κ3) is 3.93. The first-order chi connectivity index (χ1) is 9.48. The number of nitrogens with zero attached hydrogens (tertiary/aromatic N) is 1. The highest BCUT2D eigenvalue weighted by Crippen LogP contribution is 2.22. The van der Waals surface area contributed by atoms with Crippen molar-refractivity contribution in [3.05, 3.63) is 36.5 Å². The van der Waals surface area contributed by atoms with Crippen LogP contribution in [-0.2, 0) is 10.0 Å². The minimum absolute atomic E-state index is 0.147. The van der Waals surface area contributed by atoms with Crippen LogP contribution in [0.4, 0.5) is 5.69 Å². The van der Waals surface area contributed by atoms with Crippen molar-refractivity contribution in [2.24, 2.45) is 5.92 Å². The Balaban J connectivity index is 2.15. The third-order valence-electron chi connectivity index (χ3n) is 3.09. The molecule has 0 radical (unpaired) electrons. The highest BCUT2D eigenvalue weighted by molar-refractivity contribution is 7.92. The second-order valence-corrected chi connectivity index (χ2v) is 7.18. The van der Waals surface area contributed by atoms with Gasteiger partial charge in [-0.3, -0.25) is 9.71 Å². The van der Waals surface area contributed by atoms with E-state index in [1.54, 1.807) is 12.3 Å². The minimum Gasteiger partial charge on any atom is -0.281 e. The van der Waals surface area contributed by atoms with Crippen LogP contribution in [0.1, 0.15) is 26.7 Å². The second kappa shape index (κ2) is 6.22. The molecule has 0 saturated heterocycles. The molecule has 1 aromatic heterocycles. The van der Waals surface area contributed by atoms with E-state index in [-0.39, 0.29) is 5.75 Å². The zero-order chi connectivity index (χ0) is 14.6. The Kier molecular flexibility index (Phi) is 4.60. The number of fused-ring (bicyclic) bond motifs is 1. The molecule has 20 heavy (non-hydrogen) atoms. The minimum atomic E-state index is -3.31. The van der Waals surface area contributed by atoms with Gasteiger partial charge in [-0.2, -0.15) is 0 Å². The fourth-order valence-electron chi connectivity index (χ4n) is 2.09. The number of hydrogen-bond acceptors (Lipinski definition) is 3. The summed E-state index contributed by atoms with van der Waals surface area (Å²) in [5.41, 5.74) is 1.23. The smallest absolute Gasteiger partial charge is 0.232 e. The molecule has 2 rings (SSSR count). The van der Waals surface area contributed by atoms with Crippen molar-refractivity contribution in [3.8, 4) is 0 Å². The van der Waals surface area contributed by atoms with Gasteiger partial charge in [-0.15, -0.1) is 0 Å². The van der Waals surface area contributed by atoms with Gasteiger partial charge >= 0.3 is 0 Å². The Labute approximate surface area is 120 Å². The van der Waals surface area contributed by atoms with Crippen LogP contribution in [0.25, 0.3) is 10.9 Å². The molecule has 2 aromatic rings. The lowest BCUT2D eigenvalue weighted by Gasteiger charge is -2.10. The van der Waals surface area contributed by atoms with Gasteiger partial charge in [0.15, 0.2) is 0 Å². The summed E-state index contributed by atoms with van der Waals surface area (Å²) in [5.74, 6) is 0.665. The van der Waals surface area contributed by atoms with Crippen molar-refractivity contribution in [1.82, 2.24) is 4.98 Å². The summed E-state index contributed by atoms with van der Waals surface area (Å²) in [5, 5.41) is 0.926. The van der Waals surface area contributed by atoms with Crippen LogP contribution < -0.4 is 4.72 Å². The lowest BCUT2D eigenvalue weighted by atomic mass is 10.1. The van der Waals surface area contributed by atoms with E-state index in [0.717, 1.165) is 11.8 Å². The van der Waals surface area contributed by atoms with Crippen molar-refractivity contribution >= 4 is 26.6 Å². The van der Waals surface area contributed by atoms with Gasteiger partial charge in [0.1, 0.15) is 0 Å². The van der Waals surface area contributed by atoms with E-state index in [9.17, 15) is 8.42 Å². The largest absolute Gasteiger partial charge is 0.281 e. The molecule has 0 amide bonds. The molecular formula is C15H20N2O2S. The summed E-state index contributed by atoms with van der Waals surface area (Å²) < 4.78 is 26.8. The second-order valence-electron chi connectivity index (χ2n) is 5.34. The van der Waals surface area contributed by atoms with E-state index >= 15 is 0 Å². The van der Waals surface area contributed by atoms with Gasteiger partial charge in [0.2, 0.25) is 10.0 Å². The number of anilines is 1. The highest BCUT2D eigenvalue weighted by atomic mass is 32.2. The number of nitrogens with one attached hydrogen (secondary N) is 1. The molecule has 108 valence electrons. The molecule has 0 aliphatic heterocycles. The molecule has 4 nitrogen and oxygen atoms in total. The Morgan fingerprint density at radius 3 is 2.70 bits per heavy atom. The van der Waals surface area contributed by atoms with Crippen LogP contribution in [0.2, 0.25) is 0 Å². The quantitative estimate of drug-likeness (QED) is 0.887. The average Bonchev–Trinajstić information content (AvgIpc) is 2.38. The van der Waals surface area contributed by atoms with E-state index < -0.39 is 10.0 Å². The van der Waals surface area contributed by atoms with Crippen molar-refractivity contribution in [3.63, 3.8) is 0 Å². The van der Waals surface area contributed by atoms with E-state index in [1.807, 2.05) is 24.3 Å². The van der Waals surface area contributed by atoms with E-state index in [2.05, 4.69) is 23.6 Å². The molecular weight excluding hydrogens is 272 g/mol. The maximum absolute atomic E-state index is 12.1. The Hall–Kier alpha value is -1.62. The predicted molar refractivity (Wildman–Crippen MR) is 83.2 cm³/mol. The van der Waals surface area contributed by atoms with E-state index in [1.165, 1.54) is 0 Å². The Bertz CT molecular complexity index is 676. The molecule has 0 unspecified atom stereocenters. The zero-order valence-electron chi connectivity index (χ0n) is 11.8. The van der Waals surface area contributed by atoms with E-state index in [0.29, 0.717) is 23.5 Å². The first-order valence-corrected chi connectivity index (χ1v) is 8.47. The summed E-state index contributed by atoms with van der Waals surface area (Å²) in [6, 6.07) is 9.24. The van der Waals surface area contributed by atoms with Crippen molar-refractivity contribution in [2.75, 3.05) is 10.5 Å². The van der Waals surface area contributed by atoms with Gasteiger partial charge in [0, 0.05) is 11.6 Å². The van der Waals surface area contributed by atoms with Gasteiger partial charge < -0.3 is 0 Å². The highest BCUT2D eigenvalue weighted by Gasteiger charge is 2.12. The Morgan fingerprint density at radius 1 is 1.20 bits per heavy atom. The summed E-state index contributed by atoms with van der Waals surface area (Å²) in [6.45, 7) is 4.18. The molecule has 0 spiro atoms. The van der Waals surface area contributed by atoms with Gasteiger partial charge in [-0.1, -0.05) is 32.0 Å². The van der Waals surface area contributed by atoms with Crippen molar-refractivity contribution in [1.29, 1.82) is 0 Å². The lowest BCUT2D eigenvalue weighted by molar-refractivity contribution is 0.562. The number of para-hydroxylation sites is 1. The predicted octanol–water partition coefficient (Wildman–Crippen LogP) is 3.41. The summed E-state index contributed by atoms with van der Waals surface area (Å²) in [7, 11) is -3.31. The van der Waals surface area contributed by atoms with Gasteiger partial charge in [-0.25, -0.2) is 8.42 Å². The molecule has 1 aromatic carbocycles. The molecule has 0 saturated carbocycles. The first-order valence-electron chi connectivity index (χ1n) is 6.82. The van der Waals surface area contributed by atoms with Crippen molar-refractivity contribution < 1.29 is 8.42 Å². The number of aromatic nitrogens is 1. The summed E-state index contributed by atoms with van der Waals surface area (Å²) >= 11 is 0. The zero-order valence-corrected chi connectivity index (χ0v) is 12.7. The lowest BCUT2D eigenvalue weighted by Crippen LogP contribution is -2.17. The van der Waals surface area contributed by atoms with Crippen LogP contribution in [0.5, 0.6) is 0 Å². The first kappa shape index (κ1) is 14.8. The summed E-state index contributed by atoms with van der Waals surface area (Å²) in [4.78, 5) is 4.25. The standard InChI is InChI=1S/C15H20N2O2S/c1-12(2)6-5-11-20(18,19)17-14-9-3-7-13-8-4-10-16-15(13)14/h3-4,7-10,12,17H,5-6,11H2,1-2H3. The number of rotatable bonds is 6. The maximum Gasteiger partial charge on any atom is 0.232 e. The molecule has 0 bridgehead atoms. The van der Waals surface area contributed by atoms with E-state index in [4.69, 9.17) is 0 Å². The molecule has 0 fully saturated rings. The molecule has 0 atom stereocenters. The van der Waals surface area contributed by atoms with Gasteiger partial charge in [-0.05, 0) is 30.9 Å². The molecule has 1 heterocycles. The van der Waals surface area contributed by atoms with Crippen LogP contribution in [0, 0.1) is 5.92 Å². The number of hydrogen-bond donors (Lipinski definition) is 1.